The third-order valence-electron chi connectivity index (χ3n) is 3.07. The quantitative estimate of drug-likeness (QED) is 0.870. The molecule has 0 aromatic heterocycles. The van der Waals surface area contributed by atoms with E-state index in [1.54, 1.807) is 0 Å². The van der Waals surface area contributed by atoms with Crippen LogP contribution in [0, 0.1) is 11.3 Å². The van der Waals surface area contributed by atoms with Gasteiger partial charge in [-0.1, -0.05) is 58.0 Å². The van der Waals surface area contributed by atoms with Gasteiger partial charge in [0.2, 0.25) is 0 Å². The Bertz CT molecular complexity index is 260. The summed E-state index contributed by atoms with van der Waals surface area (Å²) < 4.78 is 0. The van der Waals surface area contributed by atoms with Gasteiger partial charge in [-0.05, 0) is 23.3 Å². The van der Waals surface area contributed by atoms with Crippen molar-refractivity contribution in [2.75, 3.05) is 0 Å². The molecule has 3 heteroatoms. The summed E-state index contributed by atoms with van der Waals surface area (Å²) in [4.78, 5) is 0. The van der Waals surface area contributed by atoms with Crippen LogP contribution in [0.1, 0.15) is 33.3 Å². The van der Waals surface area contributed by atoms with Crippen LogP contribution >= 0.6 is 12.4 Å². The molecule has 0 saturated carbocycles. The van der Waals surface area contributed by atoms with Gasteiger partial charge in [0.05, 0.1) is 0 Å². The van der Waals surface area contributed by atoms with Gasteiger partial charge in [-0.2, -0.15) is 0 Å². The molecule has 0 unspecified atom stereocenters. The third-order valence-corrected chi connectivity index (χ3v) is 3.07. The van der Waals surface area contributed by atoms with Crippen molar-refractivity contribution in [3.05, 3.63) is 35.9 Å². The van der Waals surface area contributed by atoms with Crippen molar-refractivity contribution < 1.29 is 5.48 Å². The second kappa shape index (κ2) is 8.57. The fraction of sp³-hybridized carbons (Fsp3) is 0.538. The highest BCUT2D eigenvalue weighted by Crippen LogP contribution is 2.30. The van der Waals surface area contributed by atoms with Gasteiger partial charge < -0.3 is 11.6 Å². The monoisotopic (exact) mass is 247 g/mol. The second-order valence-electron chi connectivity index (χ2n) is 4.81. The van der Waals surface area contributed by atoms with E-state index in [0.717, 1.165) is 5.92 Å². The van der Waals surface area contributed by atoms with Crippen LogP contribution in [-0.2, 0) is 6.42 Å². The maximum atomic E-state index is 2.34. The Morgan fingerprint density at radius 2 is 1.50 bits per heavy atom. The molecule has 0 amide bonds. The van der Waals surface area contributed by atoms with Gasteiger partial charge >= 0.3 is 0 Å². The van der Waals surface area contributed by atoms with Gasteiger partial charge in [0, 0.05) is 0 Å². The molecule has 0 aliphatic carbocycles. The van der Waals surface area contributed by atoms with Crippen LogP contribution in [0.4, 0.5) is 0 Å². The maximum Gasteiger partial charge on any atom is -0.0225 e. The molecule has 1 aromatic carbocycles. The minimum atomic E-state index is 0. The van der Waals surface area contributed by atoms with Crippen molar-refractivity contribution in [1.82, 2.24) is 6.15 Å². The zero-order valence-corrected chi connectivity index (χ0v) is 11.6. The van der Waals surface area contributed by atoms with Crippen LogP contribution in [0.15, 0.2) is 30.3 Å². The lowest BCUT2D eigenvalue weighted by Crippen LogP contribution is -2.21. The van der Waals surface area contributed by atoms with Crippen LogP contribution in [0.2, 0.25) is 0 Å². The largest absolute Gasteiger partial charge is 0.412 e. The molecule has 0 saturated heterocycles. The molecular formula is C13H26ClNO. The summed E-state index contributed by atoms with van der Waals surface area (Å²) in [5.74, 6) is 0.729. The molecule has 5 N–H and O–H groups in total. The Morgan fingerprint density at radius 1 is 1.06 bits per heavy atom. The SMILES string of the molecule is CC(C)C(C)(C)Cc1ccccc1.Cl.N.O. The Hall–Kier alpha value is -0.570. The molecular weight excluding hydrogens is 222 g/mol. The van der Waals surface area contributed by atoms with Crippen molar-refractivity contribution in [2.24, 2.45) is 11.3 Å². The Kier molecular flexibility index (Phi) is 11.1. The predicted octanol–water partition coefficient (Wildman–Crippen LogP) is 3.67. The summed E-state index contributed by atoms with van der Waals surface area (Å²) in [6.45, 7) is 9.27. The first-order valence-electron chi connectivity index (χ1n) is 5.06. The lowest BCUT2D eigenvalue weighted by molar-refractivity contribution is 0.248. The van der Waals surface area contributed by atoms with E-state index in [0.29, 0.717) is 5.41 Å². The van der Waals surface area contributed by atoms with Crippen molar-refractivity contribution >= 4 is 12.4 Å². The number of rotatable bonds is 3. The number of benzene rings is 1. The normalized spacial score (nSPS) is 9.81. The molecule has 96 valence electrons. The van der Waals surface area contributed by atoms with Crippen LogP contribution in [0.5, 0.6) is 0 Å². The molecule has 0 spiro atoms. The first kappa shape index (κ1) is 20.8. The fourth-order valence-electron chi connectivity index (χ4n) is 1.33. The first-order chi connectivity index (χ1) is 6.02. The topological polar surface area (TPSA) is 66.5 Å². The van der Waals surface area contributed by atoms with Crippen LogP contribution < -0.4 is 6.15 Å². The van der Waals surface area contributed by atoms with Crippen LogP contribution in [0.3, 0.4) is 0 Å². The third kappa shape index (κ3) is 6.11. The minimum absolute atomic E-state index is 0. The number of hydrogen-bond donors (Lipinski definition) is 1. The van der Waals surface area contributed by atoms with Gasteiger partial charge in [-0.25, -0.2) is 0 Å². The maximum absolute atomic E-state index is 2.34. The predicted molar refractivity (Wildman–Crippen MR) is 74.6 cm³/mol. The van der Waals surface area contributed by atoms with Gasteiger partial charge in [0.1, 0.15) is 0 Å². The minimum Gasteiger partial charge on any atom is -0.412 e. The van der Waals surface area contributed by atoms with E-state index in [2.05, 4.69) is 58.0 Å². The molecule has 0 atom stereocenters. The molecule has 0 bridgehead atoms. The van der Waals surface area contributed by atoms with Crippen molar-refractivity contribution in [3.63, 3.8) is 0 Å². The highest BCUT2D eigenvalue weighted by Gasteiger charge is 2.22. The van der Waals surface area contributed by atoms with E-state index >= 15 is 0 Å². The second-order valence-corrected chi connectivity index (χ2v) is 4.81. The smallest absolute Gasteiger partial charge is 0.0225 e. The lowest BCUT2D eigenvalue weighted by Gasteiger charge is -2.29. The highest BCUT2D eigenvalue weighted by atomic mass is 35.5. The van der Waals surface area contributed by atoms with E-state index < -0.39 is 0 Å². The van der Waals surface area contributed by atoms with Crippen molar-refractivity contribution in [2.45, 2.75) is 34.1 Å². The number of hydrogen-bond acceptors (Lipinski definition) is 1. The van der Waals surface area contributed by atoms with Gasteiger partial charge in [0.15, 0.2) is 0 Å². The molecule has 0 aliphatic heterocycles. The number of halogens is 1. The summed E-state index contributed by atoms with van der Waals surface area (Å²) in [5.41, 5.74) is 1.85. The lowest BCUT2D eigenvalue weighted by atomic mass is 9.76. The van der Waals surface area contributed by atoms with E-state index in [4.69, 9.17) is 0 Å². The van der Waals surface area contributed by atoms with Crippen molar-refractivity contribution in [1.29, 1.82) is 0 Å². The molecule has 1 rings (SSSR count). The average Bonchev–Trinajstić information content (AvgIpc) is 2.05. The summed E-state index contributed by atoms with van der Waals surface area (Å²) in [7, 11) is 0. The molecule has 16 heavy (non-hydrogen) atoms. The molecule has 0 aliphatic rings. The molecule has 0 heterocycles. The fourth-order valence-corrected chi connectivity index (χ4v) is 1.33. The van der Waals surface area contributed by atoms with Crippen LogP contribution in [-0.4, -0.2) is 5.48 Å². The van der Waals surface area contributed by atoms with Gasteiger partial charge in [-0.3, -0.25) is 0 Å². The van der Waals surface area contributed by atoms with E-state index in [-0.39, 0.29) is 24.0 Å². The summed E-state index contributed by atoms with van der Waals surface area (Å²) in [6, 6.07) is 10.7. The summed E-state index contributed by atoms with van der Waals surface area (Å²) in [5, 5.41) is 0. The standard InChI is InChI=1S/C13H20.ClH.H3N.H2O/c1-11(2)13(3,4)10-12-8-6-5-7-9-12;;;/h5-9,11H,10H2,1-4H3;1H;1H3;1H2. The zero-order valence-electron chi connectivity index (χ0n) is 10.8. The van der Waals surface area contributed by atoms with Crippen molar-refractivity contribution in [3.8, 4) is 0 Å². The van der Waals surface area contributed by atoms with E-state index in [1.807, 2.05) is 0 Å². The molecule has 1 aromatic rings. The van der Waals surface area contributed by atoms with Gasteiger partial charge in [0.25, 0.3) is 0 Å². The summed E-state index contributed by atoms with van der Waals surface area (Å²) in [6.07, 6.45) is 1.17. The summed E-state index contributed by atoms with van der Waals surface area (Å²) >= 11 is 0. The van der Waals surface area contributed by atoms with E-state index in [1.165, 1.54) is 12.0 Å². The van der Waals surface area contributed by atoms with E-state index in [9.17, 15) is 0 Å². The van der Waals surface area contributed by atoms with Crippen LogP contribution in [0.25, 0.3) is 0 Å². The molecule has 0 fully saturated rings. The Morgan fingerprint density at radius 3 is 1.88 bits per heavy atom. The Labute approximate surface area is 106 Å². The van der Waals surface area contributed by atoms with Gasteiger partial charge in [-0.15, -0.1) is 12.4 Å². The first-order valence-corrected chi connectivity index (χ1v) is 5.06. The molecule has 0 radical (unpaired) electrons. The zero-order chi connectivity index (χ0) is 9.90. The highest BCUT2D eigenvalue weighted by molar-refractivity contribution is 5.85. The Balaban J connectivity index is -0.000000563. The average molecular weight is 248 g/mol. The molecule has 2 nitrogen and oxygen atoms in total.